The highest BCUT2D eigenvalue weighted by atomic mass is 79.9. The van der Waals surface area contributed by atoms with Gasteiger partial charge in [-0.25, -0.2) is 4.39 Å². The number of ether oxygens (including phenoxy) is 1. The molecule has 1 N–H and O–H groups in total. The zero-order chi connectivity index (χ0) is 12.0. The van der Waals surface area contributed by atoms with Gasteiger partial charge in [0.2, 0.25) is 0 Å². The van der Waals surface area contributed by atoms with E-state index < -0.39 is 0 Å². The van der Waals surface area contributed by atoms with Crippen LogP contribution in [0.25, 0.3) is 0 Å². The summed E-state index contributed by atoms with van der Waals surface area (Å²) in [6.07, 6.45) is 0. The molecule has 88 valence electrons. The molecule has 0 saturated heterocycles. The molecule has 0 bridgehead atoms. The van der Waals surface area contributed by atoms with Crippen molar-refractivity contribution in [2.45, 2.75) is 6.92 Å². The minimum atomic E-state index is -0.286. The van der Waals surface area contributed by atoms with Crippen molar-refractivity contribution >= 4 is 15.9 Å². The molecule has 2 nitrogen and oxygen atoms in total. The molecule has 0 amide bonds. The first-order chi connectivity index (χ1) is 7.63. The molecular weight excluding hydrogens is 273 g/mol. The number of halogens is 2. The minimum Gasteiger partial charge on any atom is -0.488 e. The van der Waals surface area contributed by atoms with Crippen LogP contribution in [0.3, 0.4) is 0 Å². The van der Waals surface area contributed by atoms with E-state index in [4.69, 9.17) is 4.74 Å². The van der Waals surface area contributed by atoms with Crippen molar-refractivity contribution in [3.63, 3.8) is 0 Å². The fourth-order valence-corrected chi connectivity index (χ4v) is 1.59. The maximum Gasteiger partial charge on any atom is 0.134 e. The first-order valence-corrected chi connectivity index (χ1v) is 5.88. The Labute approximate surface area is 104 Å². The molecule has 1 aromatic rings. The molecule has 16 heavy (non-hydrogen) atoms. The van der Waals surface area contributed by atoms with Crippen LogP contribution in [0, 0.1) is 5.82 Å². The lowest BCUT2D eigenvalue weighted by Crippen LogP contribution is -2.18. The van der Waals surface area contributed by atoms with Gasteiger partial charge in [0.05, 0.1) is 4.47 Å². The second kappa shape index (κ2) is 6.66. The molecule has 0 fully saturated rings. The Hall–Kier alpha value is -0.870. The van der Waals surface area contributed by atoms with E-state index in [0.717, 1.165) is 18.7 Å². The normalized spacial score (nSPS) is 10.2. The zero-order valence-electron chi connectivity index (χ0n) is 9.22. The van der Waals surface area contributed by atoms with E-state index >= 15 is 0 Å². The molecule has 0 saturated carbocycles. The molecule has 0 atom stereocenters. The largest absolute Gasteiger partial charge is 0.488 e. The summed E-state index contributed by atoms with van der Waals surface area (Å²) >= 11 is 3.24. The third-order valence-electron chi connectivity index (χ3n) is 1.95. The van der Waals surface area contributed by atoms with E-state index in [1.165, 1.54) is 12.1 Å². The zero-order valence-corrected chi connectivity index (χ0v) is 10.8. The van der Waals surface area contributed by atoms with Crippen LogP contribution in [0.2, 0.25) is 0 Å². The van der Waals surface area contributed by atoms with Crippen LogP contribution in [0.5, 0.6) is 5.75 Å². The summed E-state index contributed by atoms with van der Waals surface area (Å²) in [6, 6.07) is 4.34. The predicted octanol–water partition coefficient (Wildman–Crippen LogP) is 3.13. The summed E-state index contributed by atoms with van der Waals surface area (Å²) in [5.41, 5.74) is 0.957. The average molecular weight is 288 g/mol. The summed E-state index contributed by atoms with van der Waals surface area (Å²) in [6.45, 7) is 7.97. The molecule has 0 radical (unpaired) electrons. The van der Waals surface area contributed by atoms with Crippen molar-refractivity contribution in [1.29, 1.82) is 0 Å². The summed E-state index contributed by atoms with van der Waals surface area (Å²) in [5, 5.41) is 3.16. The molecule has 1 rings (SSSR count). The Balaban J connectivity index is 2.45. The third-order valence-corrected chi connectivity index (χ3v) is 2.57. The Morgan fingerprint density at radius 1 is 1.56 bits per heavy atom. The number of nitrogens with one attached hydrogen (secondary N) is 1. The maximum atomic E-state index is 12.8. The molecule has 1 aromatic carbocycles. The van der Waals surface area contributed by atoms with Crippen molar-refractivity contribution in [3.8, 4) is 5.75 Å². The summed E-state index contributed by atoms with van der Waals surface area (Å²) < 4.78 is 18.9. The van der Waals surface area contributed by atoms with Gasteiger partial charge >= 0.3 is 0 Å². The van der Waals surface area contributed by atoms with Crippen molar-refractivity contribution in [1.82, 2.24) is 5.32 Å². The monoisotopic (exact) mass is 287 g/mol. The van der Waals surface area contributed by atoms with E-state index in [0.29, 0.717) is 16.8 Å². The highest BCUT2D eigenvalue weighted by molar-refractivity contribution is 9.10. The number of benzene rings is 1. The first-order valence-electron chi connectivity index (χ1n) is 5.08. The van der Waals surface area contributed by atoms with Gasteiger partial charge in [0.15, 0.2) is 0 Å². The second-order valence-electron chi connectivity index (χ2n) is 3.39. The molecule has 0 aromatic heterocycles. The van der Waals surface area contributed by atoms with Crippen molar-refractivity contribution in [3.05, 3.63) is 40.6 Å². The van der Waals surface area contributed by atoms with Gasteiger partial charge in [-0.2, -0.15) is 0 Å². The molecular formula is C12H15BrFNO. The quantitative estimate of drug-likeness (QED) is 0.812. The summed E-state index contributed by atoms with van der Waals surface area (Å²) in [5.74, 6) is 0.338. The van der Waals surface area contributed by atoms with Gasteiger partial charge in [-0.15, -0.1) is 0 Å². The first kappa shape index (κ1) is 13.2. The van der Waals surface area contributed by atoms with E-state index in [1.54, 1.807) is 6.07 Å². The molecule has 0 aliphatic heterocycles. The standard InChI is InChI=1S/C12H15BrFNO/c1-3-15-7-9(2)8-16-12-5-4-10(14)6-11(12)13/h4-6,15H,2-3,7-8H2,1H3. The van der Waals surface area contributed by atoms with Crippen molar-refractivity contribution in [2.24, 2.45) is 0 Å². The number of hydrogen-bond donors (Lipinski definition) is 1. The maximum absolute atomic E-state index is 12.8. The number of likely N-dealkylation sites (N-methyl/N-ethyl adjacent to an activating group) is 1. The average Bonchev–Trinajstić information content (AvgIpc) is 2.25. The van der Waals surface area contributed by atoms with Gasteiger partial charge in [0, 0.05) is 6.54 Å². The molecule has 4 heteroatoms. The highest BCUT2D eigenvalue weighted by Gasteiger charge is 2.03. The lowest BCUT2D eigenvalue weighted by Gasteiger charge is -2.10. The van der Waals surface area contributed by atoms with Crippen LogP contribution in [0.15, 0.2) is 34.8 Å². The minimum absolute atomic E-state index is 0.286. The van der Waals surface area contributed by atoms with Gasteiger partial charge in [0.1, 0.15) is 18.2 Å². The van der Waals surface area contributed by atoms with Gasteiger partial charge in [-0.1, -0.05) is 13.5 Å². The Morgan fingerprint density at radius 2 is 2.31 bits per heavy atom. The number of rotatable bonds is 6. The lowest BCUT2D eigenvalue weighted by molar-refractivity contribution is 0.345. The SMILES string of the molecule is C=C(CNCC)COc1ccc(F)cc1Br. The Morgan fingerprint density at radius 3 is 2.94 bits per heavy atom. The van der Waals surface area contributed by atoms with E-state index in [-0.39, 0.29) is 5.82 Å². The fraction of sp³-hybridized carbons (Fsp3) is 0.333. The number of hydrogen-bond acceptors (Lipinski definition) is 2. The smallest absolute Gasteiger partial charge is 0.134 e. The van der Waals surface area contributed by atoms with E-state index in [1.807, 2.05) is 6.92 Å². The fourth-order valence-electron chi connectivity index (χ4n) is 1.12. The van der Waals surface area contributed by atoms with Crippen LogP contribution in [-0.2, 0) is 0 Å². The molecule has 0 heterocycles. The van der Waals surface area contributed by atoms with Gasteiger partial charge in [-0.3, -0.25) is 0 Å². The van der Waals surface area contributed by atoms with E-state index in [9.17, 15) is 4.39 Å². The second-order valence-corrected chi connectivity index (χ2v) is 4.25. The van der Waals surface area contributed by atoms with Crippen molar-refractivity contribution < 1.29 is 9.13 Å². The summed E-state index contributed by atoms with van der Waals surface area (Å²) in [4.78, 5) is 0. The molecule has 0 aliphatic rings. The summed E-state index contributed by atoms with van der Waals surface area (Å²) in [7, 11) is 0. The van der Waals surface area contributed by atoms with Gasteiger partial charge in [-0.05, 0) is 46.2 Å². The van der Waals surface area contributed by atoms with Crippen LogP contribution in [0.4, 0.5) is 4.39 Å². The third kappa shape index (κ3) is 4.33. The Bertz CT molecular complexity index is 368. The molecule has 0 aliphatic carbocycles. The van der Waals surface area contributed by atoms with E-state index in [2.05, 4.69) is 27.8 Å². The molecule has 0 spiro atoms. The van der Waals surface area contributed by atoms with Crippen LogP contribution in [-0.4, -0.2) is 19.7 Å². The van der Waals surface area contributed by atoms with Gasteiger partial charge < -0.3 is 10.1 Å². The van der Waals surface area contributed by atoms with Gasteiger partial charge in [0.25, 0.3) is 0 Å². The Kier molecular flexibility index (Phi) is 5.49. The molecule has 0 unspecified atom stereocenters. The van der Waals surface area contributed by atoms with Crippen LogP contribution >= 0.6 is 15.9 Å². The van der Waals surface area contributed by atoms with Crippen LogP contribution < -0.4 is 10.1 Å². The van der Waals surface area contributed by atoms with Crippen LogP contribution in [0.1, 0.15) is 6.92 Å². The topological polar surface area (TPSA) is 21.3 Å². The highest BCUT2D eigenvalue weighted by Crippen LogP contribution is 2.25. The predicted molar refractivity (Wildman–Crippen MR) is 67.3 cm³/mol. The lowest BCUT2D eigenvalue weighted by atomic mass is 10.3. The van der Waals surface area contributed by atoms with Crippen molar-refractivity contribution in [2.75, 3.05) is 19.7 Å².